The number of rotatable bonds is 9. The molecule has 3 aromatic carbocycles. The van der Waals surface area contributed by atoms with Gasteiger partial charge in [0.1, 0.15) is 11.6 Å². The average Bonchev–Trinajstić information content (AvgIpc) is 2.88. The van der Waals surface area contributed by atoms with E-state index in [2.05, 4.69) is 31.3 Å². The molecule has 0 saturated heterocycles. The number of hydrogen-bond donors (Lipinski definition) is 1. The molecule has 0 fully saturated rings. The molecule has 1 N–H and O–H groups in total. The number of nitrogens with one attached hydrogen (secondary N) is 1. The number of methoxy groups -OCH3 is 1. The van der Waals surface area contributed by atoms with Crippen molar-refractivity contribution < 1.29 is 18.7 Å². The molecule has 10 heteroatoms. The van der Waals surface area contributed by atoms with Crippen LogP contribution >= 0.6 is 15.9 Å². The normalized spacial score (nSPS) is 11.1. The second-order valence-corrected chi connectivity index (χ2v) is 8.94. The molecule has 1 aromatic heterocycles. The van der Waals surface area contributed by atoms with E-state index in [9.17, 15) is 14.0 Å². The van der Waals surface area contributed by atoms with Crippen molar-refractivity contribution in [3.8, 4) is 11.5 Å². The lowest BCUT2D eigenvalue weighted by atomic mass is 10.2. The number of carbonyl (C=O) groups excluding carboxylic acids is 1. The molecule has 0 bridgehead atoms. The van der Waals surface area contributed by atoms with Crippen molar-refractivity contribution in [2.45, 2.75) is 19.8 Å². The number of halogens is 2. The number of nitrogens with zero attached hydrogens (tertiary/aromatic N) is 3. The van der Waals surface area contributed by atoms with E-state index in [1.165, 1.54) is 36.2 Å². The molecule has 0 radical (unpaired) electrons. The summed E-state index contributed by atoms with van der Waals surface area (Å²) in [6, 6.07) is 16.0. The summed E-state index contributed by atoms with van der Waals surface area (Å²) in [5, 5.41) is 7.45. The average molecular weight is 567 g/mol. The SMILES string of the molecule is CCCc1nc2ccc(Br)cc2c(=O)n1N=Cc1cccc(OC)c1OCC(=O)Nc1cccc(F)c1. The Bertz CT molecular complexity index is 1540. The first kappa shape index (κ1) is 26.0. The molecule has 8 nitrogen and oxygen atoms in total. The number of benzene rings is 3. The molecule has 1 amide bonds. The van der Waals surface area contributed by atoms with Gasteiger partial charge in [0.05, 0.1) is 24.2 Å². The first-order chi connectivity index (χ1) is 17.9. The molecular formula is C27H24BrFN4O4. The number of amides is 1. The quantitative estimate of drug-likeness (QED) is 0.282. The zero-order chi connectivity index (χ0) is 26.4. The Kier molecular flexibility index (Phi) is 8.29. The maximum atomic E-state index is 13.4. The number of ether oxygens (including phenoxy) is 2. The van der Waals surface area contributed by atoms with E-state index in [1.807, 2.05) is 13.0 Å². The van der Waals surface area contributed by atoms with E-state index < -0.39 is 11.7 Å². The van der Waals surface area contributed by atoms with Gasteiger partial charge in [-0.3, -0.25) is 9.59 Å². The summed E-state index contributed by atoms with van der Waals surface area (Å²) in [6.45, 7) is 1.64. The third kappa shape index (κ3) is 6.21. The first-order valence-electron chi connectivity index (χ1n) is 11.5. The monoisotopic (exact) mass is 566 g/mol. The van der Waals surface area contributed by atoms with Crippen LogP contribution in [-0.4, -0.2) is 35.5 Å². The molecule has 0 atom stereocenters. The van der Waals surface area contributed by atoms with Gasteiger partial charge in [-0.25, -0.2) is 9.37 Å². The minimum Gasteiger partial charge on any atom is -0.493 e. The Hall–Kier alpha value is -4.05. The van der Waals surface area contributed by atoms with Crippen LogP contribution in [0.15, 0.2) is 75.0 Å². The smallest absolute Gasteiger partial charge is 0.282 e. The van der Waals surface area contributed by atoms with Gasteiger partial charge >= 0.3 is 0 Å². The maximum Gasteiger partial charge on any atom is 0.282 e. The van der Waals surface area contributed by atoms with Crippen LogP contribution in [0.4, 0.5) is 10.1 Å². The van der Waals surface area contributed by atoms with Crippen LogP contribution in [0.1, 0.15) is 24.7 Å². The van der Waals surface area contributed by atoms with Gasteiger partial charge in [-0.15, -0.1) is 0 Å². The molecule has 0 unspecified atom stereocenters. The molecule has 1 heterocycles. The van der Waals surface area contributed by atoms with Gasteiger partial charge < -0.3 is 14.8 Å². The fourth-order valence-corrected chi connectivity index (χ4v) is 4.03. The van der Waals surface area contributed by atoms with Gasteiger partial charge in [-0.1, -0.05) is 35.0 Å². The first-order valence-corrected chi connectivity index (χ1v) is 12.3. The minimum absolute atomic E-state index is 0.268. The number of aryl methyl sites for hydroxylation is 1. The van der Waals surface area contributed by atoms with Crippen LogP contribution < -0.4 is 20.3 Å². The van der Waals surface area contributed by atoms with E-state index in [0.29, 0.717) is 40.1 Å². The number of anilines is 1. The maximum absolute atomic E-state index is 13.4. The second kappa shape index (κ2) is 11.8. The molecular weight excluding hydrogens is 543 g/mol. The second-order valence-electron chi connectivity index (χ2n) is 8.03. The van der Waals surface area contributed by atoms with Crippen molar-refractivity contribution in [1.29, 1.82) is 0 Å². The van der Waals surface area contributed by atoms with E-state index in [4.69, 9.17) is 9.47 Å². The zero-order valence-electron chi connectivity index (χ0n) is 20.2. The fourth-order valence-electron chi connectivity index (χ4n) is 3.67. The van der Waals surface area contributed by atoms with E-state index in [0.717, 1.165) is 10.9 Å². The molecule has 190 valence electrons. The molecule has 4 aromatic rings. The largest absolute Gasteiger partial charge is 0.493 e. The molecule has 0 spiro atoms. The van der Waals surface area contributed by atoms with Crippen LogP contribution in [-0.2, 0) is 11.2 Å². The van der Waals surface area contributed by atoms with Crippen LogP contribution in [0.2, 0.25) is 0 Å². The van der Waals surface area contributed by atoms with E-state index in [-0.39, 0.29) is 17.9 Å². The summed E-state index contributed by atoms with van der Waals surface area (Å²) >= 11 is 3.40. The van der Waals surface area contributed by atoms with Gasteiger partial charge in [0.2, 0.25) is 0 Å². The molecule has 0 aliphatic rings. The highest BCUT2D eigenvalue weighted by Gasteiger charge is 2.14. The van der Waals surface area contributed by atoms with Crippen LogP contribution in [0.3, 0.4) is 0 Å². The predicted octanol–water partition coefficient (Wildman–Crippen LogP) is 5.16. The predicted molar refractivity (Wildman–Crippen MR) is 144 cm³/mol. The lowest BCUT2D eigenvalue weighted by Gasteiger charge is -2.13. The van der Waals surface area contributed by atoms with Crippen molar-refractivity contribution in [3.05, 3.63) is 92.7 Å². The van der Waals surface area contributed by atoms with Crippen molar-refractivity contribution in [2.24, 2.45) is 5.10 Å². The Balaban J connectivity index is 1.64. The summed E-state index contributed by atoms with van der Waals surface area (Å²) < 4.78 is 26.6. The van der Waals surface area contributed by atoms with Crippen LogP contribution in [0, 0.1) is 5.82 Å². The van der Waals surface area contributed by atoms with Crippen molar-refractivity contribution in [2.75, 3.05) is 19.0 Å². The number of fused-ring (bicyclic) bond motifs is 1. The Morgan fingerprint density at radius 3 is 2.76 bits per heavy atom. The number of hydrogen-bond acceptors (Lipinski definition) is 6. The third-order valence-corrected chi connectivity index (χ3v) is 5.84. The topological polar surface area (TPSA) is 94.8 Å². The summed E-state index contributed by atoms with van der Waals surface area (Å²) in [4.78, 5) is 30.3. The van der Waals surface area contributed by atoms with Gasteiger partial charge in [0.15, 0.2) is 18.1 Å². The highest BCUT2D eigenvalue weighted by molar-refractivity contribution is 9.10. The zero-order valence-corrected chi connectivity index (χ0v) is 21.8. The van der Waals surface area contributed by atoms with E-state index >= 15 is 0 Å². The Morgan fingerprint density at radius 1 is 1.19 bits per heavy atom. The number of carbonyl (C=O) groups is 1. The highest BCUT2D eigenvalue weighted by atomic mass is 79.9. The highest BCUT2D eigenvalue weighted by Crippen LogP contribution is 2.30. The standard InChI is InChI=1S/C27H24BrFN4O4/c1-3-6-24-32-22-12-11-18(28)13-21(22)27(35)33(24)30-15-17-7-4-10-23(36-2)26(17)37-16-25(34)31-20-9-5-8-19(29)14-20/h4-5,7-15H,3,6,16H2,1-2H3,(H,31,34). The van der Waals surface area contributed by atoms with Crippen LogP contribution in [0.5, 0.6) is 11.5 Å². The number of aromatic nitrogens is 2. The third-order valence-electron chi connectivity index (χ3n) is 5.35. The lowest BCUT2D eigenvalue weighted by molar-refractivity contribution is -0.118. The lowest BCUT2D eigenvalue weighted by Crippen LogP contribution is -2.22. The van der Waals surface area contributed by atoms with Gasteiger partial charge in [0, 0.05) is 22.1 Å². The molecule has 0 saturated carbocycles. The fraction of sp³-hybridized carbons (Fsp3) is 0.185. The summed E-state index contributed by atoms with van der Waals surface area (Å²) in [7, 11) is 1.48. The molecule has 37 heavy (non-hydrogen) atoms. The number of para-hydroxylation sites is 1. The van der Waals surface area contributed by atoms with Crippen molar-refractivity contribution >= 4 is 44.6 Å². The van der Waals surface area contributed by atoms with E-state index in [1.54, 1.807) is 36.4 Å². The van der Waals surface area contributed by atoms with Crippen LogP contribution in [0.25, 0.3) is 10.9 Å². The van der Waals surface area contributed by atoms with Gasteiger partial charge in [-0.05, 0) is 55.0 Å². The summed E-state index contributed by atoms with van der Waals surface area (Å²) in [5.41, 5.74) is 1.10. The Labute approximate surface area is 220 Å². The van der Waals surface area contributed by atoms with Crippen molar-refractivity contribution in [1.82, 2.24) is 9.66 Å². The van der Waals surface area contributed by atoms with Gasteiger partial charge in [0.25, 0.3) is 11.5 Å². The van der Waals surface area contributed by atoms with Gasteiger partial charge in [-0.2, -0.15) is 9.78 Å². The van der Waals surface area contributed by atoms with Crippen molar-refractivity contribution in [3.63, 3.8) is 0 Å². The molecule has 0 aliphatic heterocycles. The molecule has 0 aliphatic carbocycles. The minimum atomic E-state index is -0.481. The summed E-state index contributed by atoms with van der Waals surface area (Å²) in [5.74, 6) is 0.229. The Morgan fingerprint density at radius 2 is 2.00 bits per heavy atom. The summed E-state index contributed by atoms with van der Waals surface area (Å²) in [6.07, 6.45) is 2.80. The molecule has 4 rings (SSSR count).